The van der Waals surface area contributed by atoms with E-state index in [2.05, 4.69) is 36.3 Å². The molecule has 1 aromatic heterocycles. The number of aromatic nitrogens is 1. The van der Waals surface area contributed by atoms with Crippen molar-refractivity contribution in [1.29, 1.82) is 0 Å². The average Bonchev–Trinajstić information content (AvgIpc) is 2.54. The summed E-state index contributed by atoms with van der Waals surface area (Å²) in [6.45, 7) is 6.06. The number of ether oxygens (including phenoxy) is 1. The lowest BCUT2D eigenvalue weighted by Crippen LogP contribution is -2.47. The van der Waals surface area contributed by atoms with Gasteiger partial charge in [-0.2, -0.15) is 0 Å². The Morgan fingerprint density at radius 3 is 2.67 bits per heavy atom. The van der Waals surface area contributed by atoms with Crippen LogP contribution in [0, 0.1) is 5.92 Å². The van der Waals surface area contributed by atoms with E-state index < -0.39 is 0 Å². The number of nitrogens with zero attached hydrogens (tertiary/aromatic N) is 1. The molecule has 2 unspecified atom stereocenters. The molecule has 1 heterocycles. The van der Waals surface area contributed by atoms with Crippen LogP contribution >= 0.6 is 0 Å². The summed E-state index contributed by atoms with van der Waals surface area (Å²) >= 11 is 0. The van der Waals surface area contributed by atoms with Gasteiger partial charge in [0.05, 0.1) is 6.10 Å². The molecule has 0 spiro atoms. The molecule has 0 amide bonds. The van der Waals surface area contributed by atoms with Crippen LogP contribution in [0.5, 0.6) is 0 Å². The second kappa shape index (κ2) is 9.16. The minimum atomic E-state index is 0.317. The van der Waals surface area contributed by atoms with Gasteiger partial charge in [0.15, 0.2) is 0 Å². The zero-order valence-electron chi connectivity index (χ0n) is 13.6. The SMILES string of the molecule is CCNC(Cc1ccccn1)C(OCC)C1CCCCC1. The molecular weight excluding hydrogens is 260 g/mol. The van der Waals surface area contributed by atoms with E-state index in [1.54, 1.807) is 0 Å². The zero-order valence-corrected chi connectivity index (χ0v) is 13.6. The molecule has 118 valence electrons. The number of nitrogens with one attached hydrogen (secondary N) is 1. The Balaban J connectivity index is 2.07. The Morgan fingerprint density at radius 1 is 1.24 bits per heavy atom. The minimum Gasteiger partial charge on any atom is -0.377 e. The van der Waals surface area contributed by atoms with Crippen molar-refractivity contribution in [3.63, 3.8) is 0 Å². The van der Waals surface area contributed by atoms with Crippen LogP contribution in [0.25, 0.3) is 0 Å². The van der Waals surface area contributed by atoms with Gasteiger partial charge < -0.3 is 10.1 Å². The number of hydrogen-bond acceptors (Lipinski definition) is 3. The van der Waals surface area contributed by atoms with Crippen molar-refractivity contribution in [1.82, 2.24) is 10.3 Å². The average molecular weight is 290 g/mol. The molecule has 1 aliphatic rings. The summed E-state index contributed by atoms with van der Waals surface area (Å²) in [6.07, 6.45) is 9.89. The first-order valence-corrected chi connectivity index (χ1v) is 8.60. The maximum Gasteiger partial charge on any atom is 0.0759 e. The van der Waals surface area contributed by atoms with E-state index in [4.69, 9.17) is 4.74 Å². The largest absolute Gasteiger partial charge is 0.377 e. The van der Waals surface area contributed by atoms with Crippen LogP contribution in [0.3, 0.4) is 0 Å². The Bertz CT molecular complexity index is 376. The molecule has 3 nitrogen and oxygen atoms in total. The number of hydrogen-bond donors (Lipinski definition) is 1. The molecule has 1 fully saturated rings. The van der Waals surface area contributed by atoms with Crippen molar-refractivity contribution in [2.24, 2.45) is 5.92 Å². The van der Waals surface area contributed by atoms with Crippen molar-refractivity contribution in [2.75, 3.05) is 13.2 Å². The third-order valence-corrected chi connectivity index (χ3v) is 4.49. The summed E-state index contributed by atoms with van der Waals surface area (Å²) in [5.41, 5.74) is 1.16. The van der Waals surface area contributed by atoms with Crippen molar-refractivity contribution in [2.45, 2.75) is 64.5 Å². The molecule has 2 rings (SSSR count). The molecular formula is C18H30N2O. The van der Waals surface area contributed by atoms with Gasteiger partial charge in [0.2, 0.25) is 0 Å². The molecule has 1 N–H and O–H groups in total. The van der Waals surface area contributed by atoms with Crippen molar-refractivity contribution < 1.29 is 4.74 Å². The predicted molar refractivity (Wildman–Crippen MR) is 87.4 cm³/mol. The summed E-state index contributed by atoms with van der Waals surface area (Å²) in [5, 5.41) is 3.65. The van der Waals surface area contributed by atoms with Crippen molar-refractivity contribution in [3.8, 4) is 0 Å². The van der Waals surface area contributed by atoms with Crippen LogP contribution in [0.1, 0.15) is 51.6 Å². The van der Waals surface area contributed by atoms with Gasteiger partial charge in [0.1, 0.15) is 0 Å². The van der Waals surface area contributed by atoms with Crippen LogP contribution < -0.4 is 5.32 Å². The Hall–Kier alpha value is -0.930. The van der Waals surface area contributed by atoms with E-state index in [0.29, 0.717) is 18.1 Å². The van der Waals surface area contributed by atoms with E-state index >= 15 is 0 Å². The van der Waals surface area contributed by atoms with Crippen LogP contribution in [0.4, 0.5) is 0 Å². The van der Waals surface area contributed by atoms with Crippen LogP contribution in [-0.2, 0) is 11.2 Å². The highest BCUT2D eigenvalue weighted by atomic mass is 16.5. The zero-order chi connectivity index (χ0) is 14.9. The highest BCUT2D eigenvalue weighted by Crippen LogP contribution is 2.30. The highest BCUT2D eigenvalue weighted by molar-refractivity contribution is 5.06. The number of pyridine rings is 1. The van der Waals surface area contributed by atoms with Gasteiger partial charge in [-0.25, -0.2) is 0 Å². The van der Waals surface area contributed by atoms with E-state index in [1.165, 1.54) is 32.1 Å². The third-order valence-electron chi connectivity index (χ3n) is 4.49. The quantitative estimate of drug-likeness (QED) is 0.794. The monoisotopic (exact) mass is 290 g/mol. The van der Waals surface area contributed by atoms with Crippen molar-refractivity contribution >= 4 is 0 Å². The fourth-order valence-electron chi connectivity index (χ4n) is 3.55. The number of likely N-dealkylation sites (N-methyl/N-ethyl adjacent to an activating group) is 1. The second-order valence-electron chi connectivity index (χ2n) is 6.01. The molecule has 1 aliphatic carbocycles. The molecule has 0 radical (unpaired) electrons. The summed E-state index contributed by atoms with van der Waals surface area (Å²) < 4.78 is 6.18. The van der Waals surface area contributed by atoms with Gasteiger partial charge in [-0.15, -0.1) is 0 Å². The molecule has 1 aromatic rings. The molecule has 0 saturated heterocycles. The fraction of sp³-hybridized carbons (Fsp3) is 0.722. The Kier molecular flexibility index (Phi) is 7.17. The van der Waals surface area contributed by atoms with Gasteiger partial charge >= 0.3 is 0 Å². The molecule has 0 aromatic carbocycles. The van der Waals surface area contributed by atoms with Crippen molar-refractivity contribution in [3.05, 3.63) is 30.1 Å². The maximum absolute atomic E-state index is 6.18. The van der Waals surface area contributed by atoms with Gasteiger partial charge in [-0.1, -0.05) is 32.3 Å². The van der Waals surface area contributed by atoms with Crippen LogP contribution in [-0.4, -0.2) is 30.3 Å². The predicted octanol–water partition coefficient (Wildman–Crippen LogP) is 3.59. The lowest BCUT2D eigenvalue weighted by Gasteiger charge is -2.36. The lowest BCUT2D eigenvalue weighted by molar-refractivity contribution is -0.0173. The van der Waals surface area contributed by atoms with E-state index in [0.717, 1.165) is 25.3 Å². The molecule has 0 aliphatic heterocycles. The Labute approximate surface area is 129 Å². The van der Waals surface area contributed by atoms with E-state index in [9.17, 15) is 0 Å². The molecule has 0 bridgehead atoms. The smallest absolute Gasteiger partial charge is 0.0759 e. The van der Waals surface area contributed by atoms with Gasteiger partial charge in [0, 0.05) is 31.0 Å². The first-order chi connectivity index (χ1) is 10.3. The van der Waals surface area contributed by atoms with E-state index in [-0.39, 0.29) is 0 Å². The normalized spacial score (nSPS) is 19.3. The third kappa shape index (κ3) is 5.08. The molecule has 21 heavy (non-hydrogen) atoms. The second-order valence-corrected chi connectivity index (χ2v) is 6.01. The summed E-state index contributed by atoms with van der Waals surface area (Å²) in [5.74, 6) is 0.700. The maximum atomic E-state index is 6.18. The van der Waals surface area contributed by atoms with E-state index in [1.807, 2.05) is 12.3 Å². The summed E-state index contributed by atoms with van der Waals surface area (Å²) in [6, 6.07) is 6.54. The van der Waals surface area contributed by atoms with Crippen LogP contribution in [0.2, 0.25) is 0 Å². The summed E-state index contributed by atoms with van der Waals surface area (Å²) in [7, 11) is 0. The Morgan fingerprint density at radius 2 is 2.05 bits per heavy atom. The first-order valence-electron chi connectivity index (χ1n) is 8.60. The molecule has 1 saturated carbocycles. The molecule has 3 heteroatoms. The lowest BCUT2D eigenvalue weighted by atomic mass is 9.81. The topological polar surface area (TPSA) is 34.2 Å². The molecule has 2 atom stereocenters. The highest BCUT2D eigenvalue weighted by Gasteiger charge is 2.31. The summed E-state index contributed by atoms with van der Waals surface area (Å²) in [4.78, 5) is 4.49. The number of rotatable bonds is 8. The van der Waals surface area contributed by atoms with Gasteiger partial charge in [0.25, 0.3) is 0 Å². The minimum absolute atomic E-state index is 0.317. The van der Waals surface area contributed by atoms with Gasteiger partial charge in [-0.05, 0) is 44.4 Å². The van der Waals surface area contributed by atoms with Crippen LogP contribution in [0.15, 0.2) is 24.4 Å². The van der Waals surface area contributed by atoms with Gasteiger partial charge in [-0.3, -0.25) is 4.98 Å². The first kappa shape index (κ1) is 16.4. The standard InChI is InChI=1S/C18H30N2O/c1-3-19-17(14-16-12-8-9-13-20-16)18(21-4-2)15-10-6-5-7-11-15/h8-9,12-13,15,17-19H,3-7,10-11,14H2,1-2H3. The fourth-order valence-corrected chi connectivity index (χ4v) is 3.55.